The first-order valence-corrected chi connectivity index (χ1v) is 12.5. The van der Waals surface area contributed by atoms with E-state index in [9.17, 15) is 5.11 Å². The Morgan fingerprint density at radius 1 is 0.788 bits per heavy atom. The predicted molar refractivity (Wildman–Crippen MR) is 133 cm³/mol. The van der Waals surface area contributed by atoms with Crippen molar-refractivity contribution < 1.29 is 5.11 Å². The molecule has 178 valence electrons. The molecule has 7 nitrogen and oxygen atoms in total. The summed E-state index contributed by atoms with van der Waals surface area (Å²) >= 11 is 0. The highest BCUT2D eigenvalue weighted by atomic mass is 16.3. The van der Waals surface area contributed by atoms with Gasteiger partial charge in [-0.3, -0.25) is 9.80 Å². The van der Waals surface area contributed by atoms with Crippen molar-refractivity contribution in [3.8, 4) is 5.75 Å². The Labute approximate surface area is 198 Å². The van der Waals surface area contributed by atoms with Crippen molar-refractivity contribution in [3.05, 3.63) is 60.2 Å². The lowest BCUT2D eigenvalue weighted by molar-refractivity contribution is -0.149. The minimum Gasteiger partial charge on any atom is -0.508 e. The first kappa shape index (κ1) is 22.6. The summed E-state index contributed by atoms with van der Waals surface area (Å²) in [5.74, 6) is 0.335. The Kier molecular flexibility index (Phi) is 7.43. The molecule has 2 N–H and O–H groups in total. The monoisotopic (exact) mass is 450 g/mol. The lowest BCUT2D eigenvalue weighted by Gasteiger charge is -2.52. The van der Waals surface area contributed by atoms with Crippen LogP contribution in [0.3, 0.4) is 0 Å². The maximum absolute atomic E-state index is 9.60. The average Bonchev–Trinajstić information content (AvgIpc) is 2.89. The quantitative estimate of drug-likeness (QED) is 0.692. The first-order valence-electron chi connectivity index (χ1n) is 12.5. The maximum atomic E-state index is 9.60. The van der Waals surface area contributed by atoms with Gasteiger partial charge in [0.25, 0.3) is 0 Å². The molecule has 33 heavy (non-hydrogen) atoms. The normalized spacial score (nSPS) is 24.2. The summed E-state index contributed by atoms with van der Waals surface area (Å²) in [5.41, 5.74) is 2.64. The molecule has 5 rings (SSSR count). The summed E-state index contributed by atoms with van der Waals surface area (Å²) in [4.78, 5) is 7.80. The van der Waals surface area contributed by atoms with E-state index >= 15 is 0 Å². The van der Waals surface area contributed by atoms with E-state index in [1.165, 1.54) is 11.3 Å². The zero-order valence-corrected chi connectivity index (χ0v) is 19.6. The number of phenolic OH excluding ortho intramolecular Hbond substituents is 1. The Bertz CT molecular complexity index is 849. The van der Waals surface area contributed by atoms with E-state index in [1.807, 2.05) is 12.1 Å². The number of nitrogens with zero attached hydrogens (tertiary/aromatic N) is 5. The minimum absolute atomic E-state index is 0.335. The van der Waals surface area contributed by atoms with E-state index in [0.717, 1.165) is 85.0 Å². The number of anilines is 1. The fraction of sp³-hybridized carbons (Fsp3) is 0.538. The number of piperazine rings is 3. The van der Waals surface area contributed by atoms with Crippen LogP contribution in [0.4, 0.5) is 5.69 Å². The van der Waals surface area contributed by atoms with Crippen LogP contribution < -0.4 is 10.2 Å². The molecule has 3 saturated heterocycles. The van der Waals surface area contributed by atoms with E-state index < -0.39 is 0 Å². The van der Waals surface area contributed by atoms with Crippen LogP contribution in [0.25, 0.3) is 0 Å². The molecule has 0 aliphatic carbocycles. The van der Waals surface area contributed by atoms with E-state index in [-0.39, 0.29) is 0 Å². The largest absolute Gasteiger partial charge is 0.508 e. The molecule has 3 heterocycles. The molecule has 0 amide bonds. The second-order valence-corrected chi connectivity index (χ2v) is 9.42. The molecule has 0 radical (unpaired) electrons. The predicted octanol–water partition coefficient (Wildman–Crippen LogP) is 1.52. The summed E-state index contributed by atoms with van der Waals surface area (Å²) in [6.45, 7) is 13.0. The van der Waals surface area contributed by atoms with Crippen LogP contribution in [-0.2, 0) is 6.42 Å². The second-order valence-electron chi connectivity index (χ2n) is 9.42. The van der Waals surface area contributed by atoms with Gasteiger partial charge in [-0.15, -0.1) is 0 Å². The van der Waals surface area contributed by atoms with Gasteiger partial charge in [0.05, 0.1) is 6.17 Å². The molecule has 0 spiro atoms. The average molecular weight is 451 g/mol. The SMILES string of the molecule is Oc1ccc(N2CCN(N3CCN(CCc4ccccc4)CC3N3CCNCC3)CC2)cc1. The van der Waals surface area contributed by atoms with E-state index in [1.54, 1.807) is 12.1 Å². The summed E-state index contributed by atoms with van der Waals surface area (Å²) in [6, 6.07) is 18.5. The summed E-state index contributed by atoms with van der Waals surface area (Å²) in [6.07, 6.45) is 1.58. The number of hydrazine groups is 1. The van der Waals surface area contributed by atoms with Gasteiger partial charge >= 0.3 is 0 Å². The number of rotatable bonds is 6. The maximum Gasteiger partial charge on any atom is 0.115 e. The van der Waals surface area contributed by atoms with Crippen LogP contribution in [0.15, 0.2) is 54.6 Å². The van der Waals surface area contributed by atoms with E-state index in [2.05, 4.69) is 60.4 Å². The van der Waals surface area contributed by atoms with Crippen LogP contribution in [-0.4, -0.2) is 110 Å². The highest BCUT2D eigenvalue weighted by Crippen LogP contribution is 2.23. The molecule has 3 aliphatic rings. The van der Waals surface area contributed by atoms with Crippen molar-refractivity contribution >= 4 is 5.69 Å². The molecule has 2 aromatic carbocycles. The van der Waals surface area contributed by atoms with Gasteiger partial charge in [-0.05, 0) is 36.2 Å². The molecule has 0 aromatic heterocycles. The lowest BCUT2D eigenvalue weighted by Crippen LogP contribution is -2.68. The Hall–Kier alpha value is -2.16. The van der Waals surface area contributed by atoms with Crippen molar-refractivity contribution in [2.45, 2.75) is 12.6 Å². The molecule has 1 unspecified atom stereocenters. The Balaban J connectivity index is 1.21. The summed E-state index contributed by atoms with van der Waals surface area (Å²) < 4.78 is 0. The van der Waals surface area contributed by atoms with Crippen molar-refractivity contribution in [3.63, 3.8) is 0 Å². The Morgan fingerprint density at radius 2 is 1.52 bits per heavy atom. The smallest absolute Gasteiger partial charge is 0.115 e. The third kappa shape index (κ3) is 5.67. The number of benzene rings is 2. The van der Waals surface area contributed by atoms with E-state index in [0.29, 0.717) is 11.9 Å². The van der Waals surface area contributed by atoms with E-state index in [4.69, 9.17) is 0 Å². The molecule has 0 saturated carbocycles. The molecule has 0 bridgehead atoms. The number of aromatic hydroxyl groups is 1. The number of phenols is 1. The topological polar surface area (TPSA) is 48.5 Å². The van der Waals surface area contributed by atoms with Crippen molar-refractivity contribution in [2.75, 3.05) is 83.4 Å². The van der Waals surface area contributed by atoms with Crippen LogP contribution in [0.5, 0.6) is 5.75 Å². The zero-order chi connectivity index (χ0) is 22.5. The number of hydrogen-bond donors (Lipinski definition) is 2. The molecular weight excluding hydrogens is 412 g/mol. The van der Waals surface area contributed by atoms with Gasteiger partial charge < -0.3 is 15.3 Å². The van der Waals surface area contributed by atoms with Crippen molar-refractivity contribution in [1.82, 2.24) is 25.1 Å². The van der Waals surface area contributed by atoms with Gasteiger partial charge in [0.2, 0.25) is 0 Å². The van der Waals surface area contributed by atoms with Crippen LogP contribution in [0, 0.1) is 0 Å². The Morgan fingerprint density at radius 3 is 2.24 bits per heavy atom. The standard InChI is InChI=1S/C26H38N6O/c33-25-8-6-24(7-9-25)29-17-19-31(20-18-29)32-21-16-28(13-10-23-4-2-1-3-5-23)22-26(32)30-14-11-27-12-15-30/h1-9,26-27,33H,10-22H2. The molecule has 7 heteroatoms. The van der Waals surface area contributed by atoms with Gasteiger partial charge in [0.15, 0.2) is 0 Å². The third-order valence-corrected chi connectivity index (χ3v) is 7.38. The molecule has 3 aliphatic heterocycles. The van der Waals surface area contributed by atoms with Crippen LogP contribution in [0.1, 0.15) is 5.56 Å². The zero-order valence-electron chi connectivity index (χ0n) is 19.6. The van der Waals surface area contributed by atoms with Crippen LogP contribution in [0.2, 0.25) is 0 Å². The third-order valence-electron chi connectivity index (χ3n) is 7.38. The summed E-state index contributed by atoms with van der Waals surface area (Å²) in [7, 11) is 0. The van der Waals surface area contributed by atoms with Gasteiger partial charge in [-0.25, -0.2) is 10.0 Å². The van der Waals surface area contributed by atoms with Gasteiger partial charge in [-0.1, -0.05) is 30.3 Å². The summed E-state index contributed by atoms with van der Waals surface area (Å²) in [5, 5.41) is 18.4. The highest BCUT2D eigenvalue weighted by molar-refractivity contribution is 5.49. The first-order chi connectivity index (χ1) is 16.3. The number of nitrogens with one attached hydrogen (secondary N) is 1. The van der Waals surface area contributed by atoms with Crippen molar-refractivity contribution in [2.24, 2.45) is 0 Å². The molecule has 3 fully saturated rings. The van der Waals surface area contributed by atoms with Gasteiger partial charge in [-0.2, -0.15) is 0 Å². The fourth-order valence-corrected chi connectivity index (χ4v) is 5.43. The van der Waals surface area contributed by atoms with Crippen molar-refractivity contribution in [1.29, 1.82) is 0 Å². The minimum atomic E-state index is 0.335. The highest BCUT2D eigenvalue weighted by Gasteiger charge is 2.36. The lowest BCUT2D eigenvalue weighted by atomic mass is 10.1. The van der Waals surface area contributed by atoms with Gasteiger partial charge in [0, 0.05) is 84.2 Å². The van der Waals surface area contributed by atoms with Gasteiger partial charge in [0.1, 0.15) is 5.75 Å². The number of hydrogen-bond acceptors (Lipinski definition) is 7. The van der Waals surface area contributed by atoms with Crippen LogP contribution >= 0.6 is 0 Å². The molecular formula is C26H38N6O. The molecule has 1 atom stereocenters. The molecule has 2 aromatic rings. The second kappa shape index (κ2) is 10.8. The fourth-order valence-electron chi connectivity index (χ4n) is 5.43.